The van der Waals surface area contributed by atoms with Crippen LogP contribution < -0.4 is 5.32 Å². The smallest absolute Gasteiger partial charge is 0.272 e. The van der Waals surface area contributed by atoms with E-state index in [1.54, 1.807) is 29.0 Å². The number of amides is 1. The molecule has 3 heterocycles. The molecule has 152 valence electrons. The molecule has 7 heteroatoms. The lowest BCUT2D eigenvalue weighted by Crippen LogP contribution is -2.37. The van der Waals surface area contributed by atoms with Crippen LogP contribution in [-0.2, 0) is 6.42 Å². The molecule has 5 rings (SSSR count). The van der Waals surface area contributed by atoms with E-state index in [0.29, 0.717) is 11.3 Å². The minimum atomic E-state index is -0.197. The predicted molar refractivity (Wildman–Crippen MR) is 114 cm³/mol. The Morgan fingerprint density at radius 2 is 2.03 bits per heavy atom. The second-order valence-corrected chi connectivity index (χ2v) is 8.82. The average Bonchev–Trinajstić information content (AvgIpc) is 3.32. The SMILES string of the molecule is Cc1ccc(-n2ncc3c2CC(C)(C)CC3NC(=O)c2cc3ncccn3n2)cc1. The van der Waals surface area contributed by atoms with E-state index >= 15 is 0 Å². The van der Waals surface area contributed by atoms with Gasteiger partial charge < -0.3 is 5.32 Å². The summed E-state index contributed by atoms with van der Waals surface area (Å²) in [6, 6.07) is 11.7. The molecule has 0 spiro atoms. The van der Waals surface area contributed by atoms with Crippen LogP contribution in [0.5, 0.6) is 0 Å². The Labute approximate surface area is 174 Å². The van der Waals surface area contributed by atoms with Gasteiger partial charge in [-0.15, -0.1) is 0 Å². The summed E-state index contributed by atoms with van der Waals surface area (Å²) in [7, 11) is 0. The Morgan fingerprint density at radius 3 is 2.80 bits per heavy atom. The van der Waals surface area contributed by atoms with Crippen molar-refractivity contribution < 1.29 is 4.79 Å². The van der Waals surface area contributed by atoms with E-state index in [2.05, 4.69) is 65.5 Å². The van der Waals surface area contributed by atoms with Crippen molar-refractivity contribution in [3.63, 3.8) is 0 Å². The number of nitrogens with zero attached hydrogens (tertiary/aromatic N) is 5. The van der Waals surface area contributed by atoms with Crippen LogP contribution in [0.1, 0.15) is 53.6 Å². The van der Waals surface area contributed by atoms with Gasteiger partial charge in [0.2, 0.25) is 0 Å². The fourth-order valence-corrected chi connectivity index (χ4v) is 4.25. The Morgan fingerprint density at radius 1 is 1.23 bits per heavy atom. The highest BCUT2D eigenvalue weighted by atomic mass is 16.2. The van der Waals surface area contributed by atoms with Crippen molar-refractivity contribution in [2.45, 2.75) is 39.7 Å². The summed E-state index contributed by atoms with van der Waals surface area (Å²) in [6.07, 6.45) is 7.11. The molecule has 3 aromatic heterocycles. The minimum absolute atomic E-state index is 0.0356. The number of carbonyl (C=O) groups is 1. The lowest BCUT2D eigenvalue weighted by molar-refractivity contribution is 0.0914. The van der Waals surface area contributed by atoms with Gasteiger partial charge in [0.1, 0.15) is 0 Å². The number of carbonyl (C=O) groups excluding carboxylic acids is 1. The summed E-state index contributed by atoms with van der Waals surface area (Å²) >= 11 is 0. The molecule has 1 atom stereocenters. The topological polar surface area (TPSA) is 77.1 Å². The number of aryl methyl sites for hydroxylation is 1. The van der Waals surface area contributed by atoms with Gasteiger partial charge in [-0.2, -0.15) is 10.2 Å². The van der Waals surface area contributed by atoms with Crippen LogP contribution in [0, 0.1) is 12.3 Å². The van der Waals surface area contributed by atoms with Gasteiger partial charge in [0.05, 0.1) is 23.6 Å². The third-order valence-electron chi connectivity index (χ3n) is 5.73. The summed E-state index contributed by atoms with van der Waals surface area (Å²) < 4.78 is 3.62. The van der Waals surface area contributed by atoms with E-state index in [9.17, 15) is 4.79 Å². The van der Waals surface area contributed by atoms with Gasteiger partial charge in [0, 0.05) is 24.0 Å². The lowest BCUT2D eigenvalue weighted by atomic mass is 9.74. The maximum Gasteiger partial charge on any atom is 0.272 e. The standard InChI is InChI=1S/C23H24N6O/c1-15-5-7-16(8-6-15)29-20-13-23(2,3)12-19(17(20)14-25-29)26-22(30)18-11-21-24-9-4-10-28(21)27-18/h4-11,14,19H,12-13H2,1-3H3,(H,26,30). The predicted octanol–water partition coefficient (Wildman–Crippen LogP) is 3.67. The first-order valence-electron chi connectivity index (χ1n) is 10.1. The van der Waals surface area contributed by atoms with Gasteiger partial charge in [0.25, 0.3) is 5.91 Å². The fraction of sp³-hybridized carbons (Fsp3) is 0.304. The number of benzene rings is 1. The first-order valence-corrected chi connectivity index (χ1v) is 10.1. The first kappa shape index (κ1) is 18.5. The van der Waals surface area contributed by atoms with E-state index < -0.39 is 0 Å². The highest BCUT2D eigenvalue weighted by Crippen LogP contribution is 2.41. The third kappa shape index (κ3) is 3.26. The van der Waals surface area contributed by atoms with Crippen molar-refractivity contribution in [3.8, 4) is 5.69 Å². The molecule has 1 amide bonds. The van der Waals surface area contributed by atoms with Crippen LogP contribution in [0.25, 0.3) is 11.3 Å². The molecule has 7 nitrogen and oxygen atoms in total. The summed E-state index contributed by atoms with van der Waals surface area (Å²) in [6.45, 7) is 6.54. The van der Waals surface area contributed by atoms with Gasteiger partial charge in [-0.1, -0.05) is 31.5 Å². The summed E-state index contributed by atoms with van der Waals surface area (Å²) in [4.78, 5) is 17.2. The van der Waals surface area contributed by atoms with Gasteiger partial charge in [-0.3, -0.25) is 4.79 Å². The second-order valence-electron chi connectivity index (χ2n) is 8.82. The van der Waals surface area contributed by atoms with E-state index in [1.807, 2.05) is 10.9 Å². The van der Waals surface area contributed by atoms with Crippen LogP contribution in [0.4, 0.5) is 0 Å². The fourth-order valence-electron chi connectivity index (χ4n) is 4.25. The number of fused-ring (bicyclic) bond motifs is 2. The van der Waals surface area contributed by atoms with Crippen LogP contribution in [0.2, 0.25) is 0 Å². The van der Waals surface area contributed by atoms with Crippen molar-refractivity contribution in [2.75, 3.05) is 0 Å². The molecular weight excluding hydrogens is 376 g/mol. The van der Waals surface area contributed by atoms with E-state index in [4.69, 9.17) is 0 Å². The van der Waals surface area contributed by atoms with Crippen molar-refractivity contribution in [3.05, 3.63) is 77.5 Å². The van der Waals surface area contributed by atoms with Crippen molar-refractivity contribution in [1.29, 1.82) is 0 Å². The Kier molecular flexibility index (Phi) is 4.20. The molecule has 0 aliphatic heterocycles. The molecule has 1 aromatic carbocycles. The number of aromatic nitrogens is 5. The van der Waals surface area contributed by atoms with E-state index in [-0.39, 0.29) is 17.4 Å². The molecule has 1 N–H and O–H groups in total. The monoisotopic (exact) mass is 400 g/mol. The maximum absolute atomic E-state index is 13.0. The molecule has 4 aromatic rings. The van der Waals surface area contributed by atoms with Crippen molar-refractivity contribution in [1.82, 2.24) is 29.7 Å². The Bertz CT molecular complexity index is 1200. The lowest BCUT2D eigenvalue weighted by Gasteiger charge is -2.35. The van der Waals surface area contributed by atoms with Crippen molar-refractivity contribution in [2.24, 2.45) is 5.41 Å². The molecule has 0 saturated heterocycles. The highest BCUT2D eigenvalue weighted by molar-refractivity contribution is 5.93. The molecule has 0 saturated carbocycles. The first-order chi connectivity index (χ1) is 14.4. The van der Waals surface area contributed by atoms with Gasteiger partial charge in [-0.25, -0.2) is 14.2 Å². The van der Waals surface area contributed by atoms with Crippen LogP contribution in [0.15, 0.2) is 55.0 Å². The Hall–Kier alpha value is -3.48. The summed E-state index contributed by atoms with van der Waals surface area (Å²) in [5, 5.41) is 12.2. The molecule has 1 aliphatic carbocycles. The third-order valence-corrected chi connectivity index (χ3v) is 5.73. The quantitative estimate of drug-likeness (QED) is 0.569. The maximum atomic E-state index is 13.0. The molecule has 1 unspecified atom stereocenters. The molecule has 0 radical (unpaired) electrons. The Balaban J connectivity index is 1.48. The molecule has 1 aliphatic rings. The number of hydrogen-bond acceptors (Lipinski definition) is 4. The summed E-state index contributed by atoms with van der Waals surface area (Å²) in [5.41, 5.74) is 5.53. The van der Waals surface area contributed by atoms with E-state index in [0.717, 1.165) is 29.8 Å². The minimum Gasteiger partial charge on any atom is -0.344 e. The largest absolute Gasteiger partial charge is 0.344 e. The molecule has 30 heavy (non-hydrogen) atoms. The molecular formula is C23H24N6O. The zero-order valence-corrected chi connectivity index (χ0v) is 17.3. The average molecular weight is 400 g/mol. The summed E-state index contributed by atoms with van der Waals surface area (Å²) in [5.74, 6) is -0.197. The van der Waals surface area contributed by atoms with Gasteiger partial charge >= 0.3 is 0 Å². The van der Waals surface area contributed by atoms with Crippen molar-refractivity contribution >= 4 is 11.6 Å². The number of rotatable bonds is 3. The van der Waals surface area contributed by atoms with Gasteiger partial charge in [0.15, 0.2) is 11.3 Å². The zero-order valence-electron chi connectivity index (χ0n) is 17.3. The van der Waals surface area contributed by atoms with Gasteiger partial charge in [-0.05, 0) is 43.4 Å². The van der Waals surface area contributed by atoms with Crippen LogP contribution in [0.3, 0.4) is 0 Å². The zero-order chi connectivity index (χ0) is 20.9. The van der Waals surface area contributed by atoms with Crippen LogP contribution in [-0.4, -0.2) is 30.3 Å². The highest BCUT2D eigenvalue weighted by Gasteiger charge is 2.36. The van der Waals surface area contributed by atoms with Crippen LogP contribution >= 0.6 is 0 Å². The normalized spacial score (nSPS) is 17.6. The molecule has 0 bridgehead atoms. The number of nitrogens with one attached hydrogen (secondary N) is 1. The molecule has 0 fully saturated rings. The second kappa shape index (κ2) is 6.79. The number of hydrogen-bond donors (Lipinski definition) is 1. The van der Waals surface area contributed by atoms with E-state index in [1.165, 1.54) is 5.56 Å².